The number of piperidine rings is 1. The van der Waals surface area contributed by atoms with Gasteiger partial charge in [0.25, 0.3) is 0 Å². The molecule has 1 fully saturated rings. The second-order valence-corrected chi connectivity index (χ2v) is 10.8. The fourth-order valence-electron chi connectivity index (χ4n) is 4.93. The van der Waals surface area contributed by atoms with Gasteiger partial charge in [-0.25, -0.2) is 4.98 Å². The van der Waals surface area contributed by atoms with Crippen molar-refractivity contribution in [3.8, 4) is 6.07 Å². The van der Waals surface area contributed by atoms with Crippen molar-refractivity contribution >= 4 is 11.4 Å². The third-order valence-corrected chi connectivity index (χ3v) is 7.34. The SMILES string of the molecule is CC1(C)CC=C(c2nc(C(C)(C)N3CCCCC3)ccc2CC(=O)c2ncc(C#N)[nH]2)CC1. The summed E-state index contributed by atoms with van der Waals surface area (Å²) in [6.45, 7) is 11.3. The van der Waals surface area contributed by atoms with Crippen LogP contribution in [0.3, 0.4) is 0 Å². The number of carbonyl (C=O) groups is 1. The zero-order valence-corrected chi connectivity index (χ0v) is 20.4. The number of hydrogen-bond donors (Lipinski definition) is 1. The minimum absolute atomic E-state index is 0.126. The molecule has 1 saturated heterocycles. The molecule has 33 heavy (non-hydrogen) atoms. The third-order valence-electron chi connectivity index (χ3n) is 7.34. The maximum absolute atomic E-state index is 13.0. The van der Waals surface area contributed by atoms with Crippen LogP contribution < -0.4 is 0 Å². The van der Waals surface area contributed by atoms with Crippen molar-refractivity contribution in [3.05, 3.63) is 52.9 Å². The van der Waals surface area contributed by atoms with Crippen LogP contribution in [0.25, 0.3) is 5.57 Å². The molecule has 1 N–H and O–H groups in total. The van der Waals surface area contributed by atoms with E-state index in [1.165, 1.54) is 31.0 Å². The van der Waals surface area contributed by atoms with Crippen LogP contribution in [0, 0.1) is 16.7 Å². The number of hydrogen-bond acceptors (Lipinski definition) is 5. The summed E-state index contributed by atoms with van der Waals surface area (Å²) in [6, 6.07) is 6.17. The first-order valence-electron chi connectivity index (χ1n) is 12.1. The van der Waals surface area contributed by atoms with Crippen molar-refractivity contribution in [2.45, 2.75) is 78.2 Å². The van der Waals surface area contributed by atoms with Gasteiger partial charge in [0.1, 0.15) is 11.8 Å². The van der Waals surface area contributed by atoms with E-state index in [9.17, 15) is 4.79 Å². The molecular weight excluding hydrogens is 410 g/mol. The minimum atomic E-state index is -0.158. The zero-order valence-electron chi connectivity index (χ0n) is 20.4. The molecule has 0 unspecified atom stereocenters. The van der Waals surface area contributed by atoms with E-state index in [1.54, 1.807) is 0 Å². The summed E-state index contributed by atoms with van der Waals surface area (Å²) in [7, 11) is 0. The highest BCUT2D eigenvalue weighted by atomic mass is 16.1. The van der Waals surface area contributed by atoms with Crippen molar-refractivity contribution < 1.29 is 4.79 Å². The monoisotopic (exact) mass is 445 g/mol. The predicted octanol–water partition coefficient (Wildman–Crippen LogP) is 5.42. The van der Waals surface area contributed by atoms with E-state index >= 15 is 0 Å². The second kappa shape index (κ2) is 9.23. The lowest BCUT2D eigenvalue weighted by molar-refractivity contribution is 0.0907. The smallest absolute Gasteiger partial charge is 0.202 e. The van der Waals surface area contributed by atoms with Gasteiger partial charge in [0.15, 0.2) is 5.82 Å². The molecule has 0 atom stereocenters. The highest BCUT2D eigenvalue weighted by Crippen LogP contribution is 2.39. The second-order valence-electron chi connectivity index (χ2n) is 10.8. The number of likely N-dealkylation sites (tertiary alicyclic amines) is 1. The lowest BCUT2D eigenvalue weighted by Gasteiger charge is -2.41. The number of nitrogens with one attached hydrogen (secondary N) is 1. The fourth-order valence-corrected chi connectivity index (χ4v) is 4.93. The Hall–Kier alpha value is -2.78. The molecule has 2 aromatic heterocycles. The van der Waals surface area contributed by atoms with Crippen molar-refractivity contribution in [1.29, 1.82) is 5.26 Å². The Morgan fingerprint density at radius 3 is 2.64 bits per heavy atom. The molecule has 0 bridgehead atoms. The number of allylic oxidation sites excluding steroid dienone is 2. The molecule has 6 nitrogen and oxygen atoms in total. The first kappa shape index (κ1) is 23.4. The maximum atomic E-state index is 13.0. The number of imidazole rings is 1. The summed E-state index contributed by atoms with van der Waals surface area (Å²) >= 11 is 0. The quantitative estimate of drug-likeness (QED) is 0.600. The average Bonchev–Trinajstić information content (AvgIpc) is 3.30. The van der Waals surface area contributed by atoms with Crippen molar-refractivity contribution in [2.24, 2.45) is 5.41 Å². The Balaban J connectivity index is 1.69. The van der Waals surface area contributed by atoms with Gasteiger partial charge in [0.2, 0.25) is 5.78 Å². The predicted molar refractivity (Wildman–Crippen MR) is 130 cm³/mol. The molecule has 2 aromatic rings. The van der Waals surface area contributed by atoms with Crippen LogP contribution in [0.1, 0.15) is 99.5 Å². The molecule has 0 aromatic carbocycles. The van der Waals surface area contributed by atoms with Gasteiger partial charge in [0.05, 0.1) is 23.1 Å². The third kappa shape index (κ3) is 5.09. The van der Waals surface area contributed by atoms with Crippen molar-refractivity contribution in [2.75, 3.05) is 13.1 Å². The maximum Gasteiger partial charge on any atom is 0.202 e. The first-order valence-corrected chi connectivity index (χ1v) is 12.1. The number of nitrogens with zero attached hydrogens (tertiary/aromatic N) is 4. The Kier molecular flexibility index (Phi) is 6.54. The van der Waals surface area contributed by atoms with Gasteiger partial charge in [-0.15, -0.1) is 0 Å². The van der Waals surface area contributed by atoms with Gasteiger partial charge in [-0.2, -0.15) is 5.26 Å². The van der Waals surface area contributed by atoms with Crippen LogP contribution in [-0.2, 0) is 12.0 Å². The van der Waals surface area contributed by atoms with Crippen LogP contribution >= 0.6 is 0 Å². The number of aromatic amines is 1. The van der Waals surface area contributed by atoms with Crippen molar-refractivity contribution in [3.63, 3.8) is 0 Å². The van der Waals surface area contributed by atoms with Crippen LogP contribution in [0.2, 0.25) is 0 Å². The Morgan fingerprint density at radius 2 is 2.00 bits per heavy atom. The number of Topliss-reactive ketones (excluding diaryl/α,β-unsaturated/α-hetero) is 1. The largest absolute Gasteiger partial charge is 0.327 e. The minimum Gasteiger partial charge on any atom is -0.327 e. The molecule has 4 rings (SSSR count). The van der Waals surface area contributed by atoms with E-state index in [2.05, 4.69) is 60.8 Å². The number of rotatable bonds is 6. The van der Waals surface area contributed by atoms with Crippen LogP contribution in [0.5, 0.6) is 0 Å². The standard InChI is InChI=1S/C27H35N5O/c1-26(2)12-10-19(11-13-26)24-20(16-22(33)25-29-18-21(17-28)30-25)8-9-23(31-24)27(3,4)32-14-6-5-7-15-32/h8-10,18H,5-7,11-16H2,1-4H3,(H,29,30). The summed E-state index contributed by atoms with van der Waals surface area (Å²) in [5.41, 5.74) is 4.62. The summed E-state index contributed by atoms with van der Waals surface area (Å²) < 4.78 is 0. The lowest BCUT2D eigenvalue weighted by Crippen LogP contribution is -2.45. The summed E-state index contributed by atoms with van der Waals surface area (Å²) in [5, 5.41) is 9.04. The van der Waals surface area contributed by atoms with Crippen LogP contribution in [0.4, 0.5) is 0 Å². The van der Waals surface area contributed by atoms with Gasteiger partial charge in [-0.1, -0.05) is 32.4 Å². The van der Waals surface area contributed by atoms with Gasteiger partial charge >= 0.3 is 0 Å². The molecular formula is C27H35N5O. The van der Waals surface area contributed by atoms with Crippen LogP contribution in [-0.4, -0.2) is 38.7 Å². The molecule has 0 spiro atoms. The molecule has 0 saturated carbocycles. The zero-order chi connectivity index (χ0) is 23.6. The summed E-state index contributed by atoms with van der Waals surface area (Å²) in [6.07, 6.45) is 10.8. The van der Waals surface area contributed by atoms with Gasteiger partial charge in [0, 0.05) is 6.42 Å². The van der Waals surface area contributed by atoms with E-state index in [1.807, 2.05) is 6.07 Å². The van der Waals surface area contributed by atoms with E-state index in [4.69, 9.17) is 10.2 Å². The Morgan fingerprint density at radius 1 is 1.24 bits per heavy atom. The molecule has 174 valence electrons. The fraction of sp³-hybridized carbons (Fsp3) is 0.556. The first-order chi connectivity index (χ1) is 15.7. The highest BCUT2D eigenvalue weighted by molar-refractivity contribution is 5.95. The number of nitriles is 1. The number of aromatic nitrogens is 3. The van der Waals surface area contributed by atoms with Crippen molar-refractivity contribution in [1.82, 2.24) is 19.9 Å². The Bertz CT molecular complexity index is 1100. The molecule has 3 heterocycles. The van der Waals surface area contributed by atoms with E-state index in [0.717, 1.165) is 49.3 Å². The van der Waals surface area contributed by atoms with E-state index < -0.39 is 0 Å². The van der Waals surface area contributed by atoms with E-state index in [-0.39, 0.29) is 23.6 Å². The average molecular weight is 446 g/mol. The number of ketones is 1. The normalized spacial score (nSPS) is 19.1. The number of pyridine rings is 1. The molecule has 6 heteroatoms. The number of carbonyl (C=O) groups excluding carboxylic acids is 1. The molecule has 2 aliphatic rings. The van der Waals surface area contributed by atoms with Crippen LogP contribution in [0.15, 0.2) is 24.4 Å². The molecule has 0 radical (unpaired) electrons. The molecule has 0 amide bonds. The lowest BCUT2D eigenvalue weighted by atomic mass is 9.77. The Labute approximate surface area is 197 Å². The highest BCUT2D eigenvalue weighted by Gasteiger charge is 2.32. The topological polar surface area (TPSA) is 85.7 Å². The summed E-state index contributed by atoms with van der Waals surface area (Å²) in [5.74, 6) is 0.105. The number of H-pyrrole nitrogens is 1. The van der Waals surface area contributed by atoms with E-state index in [0.29, 0.717) is 11.1 Å². The molecule has 1 aliphatic carbocycles. The van der Waals surface area contributed by atoms with Gasteiger partial charge in [-0.3, -0.25) is 14.7 Å². The van der Waals surface area contributed by atoms with Gasteiger partial charge < -0.3 is 4.98 Å². The summed E-state index contributed by atoms with van der Waals surface area (Å²) in [4.78, 5) is 27.6. The van der Waals surface area contributed by atoms with Gasteiger partial charge in [-0.05, 0) is 81.7 Å². The molecule has 1 aliphatic heterocycles.